The predicted octanol–water partition coefficient (Wildman–Crippen LogP) is 1.14. The van der Waals surface area contributed by atoms with Crippen molar-refractivity contribution in [2.75, 3.05) is 26.9 Å². The molecule has 0 amide bonds. The maximum Gasteiger partial charge on any atom is 0.0448 e. The zero-order valence-corrected chi connectivity index (χ0v) is 11.6. The van der Waals surface area contributed by atoms with E-state index in [4.69, 9.17) is 0 Å². The summed E-state index contributed by atoms with van der Waals surface area (Å²) in [4.78, 5) is 2.33. The van der Waals surface area contributed by atoms with E-state index < -0.39 is 0 Å². The van der Waals surface area contributed by atoms with Gasteiger partial charge >= 0.3 is 0 Å². The second-order valence-corrected chi connectivity index (χ2v) is 5.55. The van der Waals surface area contributed by atoms with Crippen LogP contribution >= 0.6 is 0 Å². The number of rotatable bonds is 8. The number of aliphatic hydroxyl groups excluding tert-OH is 3. The van der Waals surface area contributed by atoms with E-state index in [1.165, 1.54) is 32.1 Å². The molecule has 0 aromatic heterocycles. The van der Waals surface area contributed by atoms with Crippen molar-refractivity contribution in [2.24, 2.45) is 0 Å². The summed E-state index contributed by atoms with van der Waals surface area (Å²) < 4.78 is 0. The second kappa shape index (κ2) is 8.10. The minimum absolute atomic E-state index is 0.108. The molecular formula is C14H29NO3. The van der Waals surface area contributed by atoms with Gasteiger partial charge in [0.15, 0.2) is 0 Å². The fourth-order valence-electron chi connectivity index (χ4n) is 3.38. The zero-order chi connectivity index (χ0) is 13.4. The van der Waals surface area contributed by atoms with Crippen molar-refractivity contribution >= 4 is 0 Å². The van der Waals surface area contributed by atoms with Gasteiger partial charge in [0, 0.05) is 31.4 Å². The molecule has 0 aliphatic heterocycles. The van der Waals surface area contributed by atoms with Crippen LogP contribution in [0.15, 0.2) is 0 Å². The Labute approximate surface area is 111 Å². The van der Waals surface area contributed by atoms with Crippen molar-refractivity contribution in [3.63, 3.8) is 0 Å². The highest BCUT2D eigenvalue weighted by Gasteiger charge is 2.37. The topological polar surface area (TPSA) is 63.9 Å². The van der Waals surface area contributed by atoms with Crippen LogP contribution in [-0.2, 0) is 0 Å². The Hall–Kier alpha value is -0.160. The van der Waals surface area contributed by atoms with Crippen LogP contribution in [0.4, 0.5) is 0 Å². The van der Waals surface area contributed by atoms with E-state index in [0.717, 1.165) is 0 Å². The largest absolute Gasteiger partial charge is 0.396 e. The molecule has 18 heavy (non-hydrogen) atoms. The summed E-state index contributed by atoms with van der Waals surface area (Å²) >= 11 is 0. The second-order valence-electron chi connectivity index (χ2n) is 5.55. The summed E-state index contributed by atoms with van der Waals surface area (Å²) in [5.41, 5.74) is -0.250. The van der Waals surface area contributed by atoms with E-state index >= 15 is 0 Å². The van der Waals surface area contributed by atoms with Crippen molar-refractivity contribution in [1.82, 2.24) is 4.90 Å². The lowest BCUT2D eigenvalue weighted by Crippen LogP contribution is -2.53. The number of hydrogen-bond donors (Lipinski definition) is 3. The van der Waals surface area contributed by atoms with Gasteiger partial charge in [0.2, 0.25) is 0 Å². The van der Waals surface area contributed by atoms with Crippen molar-refractivity contribution in [2.45, 2.75) is 62.9 Å². The molecule has 1 rings (SSSR count). The summed E-state index contributed by atoms with van der Waals surface area (Å²) in [7, 11) is 2.09. The van der Waals surface area contributed by atoms with Crippen LogP contribution in [0.3, 0.4) is 0 Å². The van der Waals surface area contributed by atoms with Crippen molar-refractivity contribution < 1.29 is 15.3 Å². The first-order valence-electron chi connectivity index (χ1n) is 7.25. The third-order valence-corrected chi connectivity index (χ3v) is 4.60. The SMILES string of the molecule is CN(C1CCCCC1)C(CCO)(CCO)CCO. The summed E-state index contributed by atoms with van der Waals surface area (Å²) in [6.45, 7) is 0.325. The molecule has 4 nitrogen and oxygen atoms in total. The van der Waals surface area contributed by atoms with Crippen molar-refractivity contribution in [1.29, 1.82) is 0 Å². The van der Waals surface area contributed by atoms with Gasteiger partial charge < -0.3 is 15.3 Å². The van der Waals surface area contributed by atoms with Crippen LogP contribution in [0.1, 0.15) is 51.4 Å². The van der Waals surface area contributed by atoms with E-state index in [-0.39, 0.29) is 25.4 Å². The third-order valence-electron chi connectivity index (χ3n) is 4.60. The van der Waals surface area contributed by atoms with E-state index in [2.05, 4.69) is 11.9 Å². The van der Waals surface area contributed by atoms with Gasteiger partial charge in [0.25, 0.3) is 0 Å². The molecule has 0 bridgehead atoms. The fourth-order valence-corrected chi connectivity index (χ4v) is 3.38. The molecule has 1 aliphatic rings. The monoisotopic (exact) mass is 259 g/mol. The molecule has 0 spiro atoms. The predicted molar refractivity (Wildman–Crippen MR) is 72.5 cm³/mol. The molecule has 0 unspecified atom stereocenters. The lowest BCUT2D eigenvalue weighted by atomic mass is 9.83. The molecule has 1 saturated carbocycles. The van der Waals surface area contributed by atoms with Crippen LogP contribution in [0.2, 0.25) is 0 Å². The van der Waals surface area contributed by atoms with Crippen LogP contribution in [0.5, 0.6) is 0 Å². The van der Waals surface area contributed by atoms with E-state index in [0.29, 0.717) is 25.3 Å². The Morgan fingerprint density at radius 3 is 1.72 bits per heavy atom. The first-order chi connectivity index (χ1) is 8.70. The number of hydrogen-bond acceptors (Lipinski definition) is 4. The molecule has 0 saturated heterocycles. The highest BCUT2D eigenvalue weighted by Crippen LogP contribution is 2.33. The van der Waals surface area contributed by atoms with Gasteiger partial charge in [-0.1, -0.05) is 19.3 Å². The summed E-state index contributed by atoms with van der Waals surface area (Å²) in [5, 5.41) is 27.9. The molecular weight excluding hydrogens is 230 g/mol. The Balaban J connectivity index is 2.76. The first-order valence-corrected chi connectivity index (χ1v) is 7.25. The summed E-state index contributed by atoms with van der Waals surface area (Å²) in [6, 6.07) is 0.531. The molecule has 0 heterocycles. The van der Waals surface area contributed by atoms with Gasteiger partial charge in [-0.25, -0.2) is 0 Å². The van der Waals surface area contributed by atoms with Gasteiger partial charge in [-0.2, -0.15) is 0 Å². The normalized spacial score (nSPS) is 18.5. The highest BCUT2D eigenvalue weighted by atomic mass is 16.3. The fraction of sp³-hybridized carbons (Fsp3) is 1.00. The molecule has 108 valence electrons. The van der Waals surface area contributed by atoms with Crippen LogP contribution in [0.25, 0.3) is 0 Å². The average molecular weight is 259 g/mol. The smallest absolute Gasteiger partial charge is 0.0448 e. The molecule has 4 heteroatoms. The first kappa shape index (κ1) is 15.9. The van der Waals surface area contributed by atoms with Gasteiger partial charge in [-0.15, -0.1) is 0 Å². The minimum atomic E-state index is -0.250. The molecule has 3 N–H and O–H groups in total. The molecule has 1 fully saturated rings. The van der Waals surface area contributed by atoms with Gasteiger partial charge in [0.1, 0.15) is 0 Å². The van der Waals surface area contributed by atoms with Crippen molar-refractivity contribution in [3.8, 4) is 0 Å². The average Bonchev–Trinajstić information content (AvgIpc) is 2.39. The lowest BCUT2D eigenvalue weighted by molar-refractivity contribution is -0.00242. The number of nitrogens with zero attached hydrogens (tertiary/aromatic N) is 1. The Morgan fingerprint density at radius 2 is 1.33 bits per heavy atom. The molecule has 0 atom stereocenters. The zero-order valence-electron chi connectivity index (χ0n) is 11.6. The van der Waals surface area contributed by atoms with Gasteiger partial charge in [-0.3, -0.25) is 4.90 Å². The Morgan fingerprint density at radius 1 is 0.889 bits per heavy atom. The van der Waals surface area contributed by atoms with Gasteiger partial charge in [-0.05, 0) is 39.2 Å². The summed E-state index contributed by atoms with van der Waals surface area (Å²) in [5.74, 6) is 0. The number of aliphatic hydroxyl groups is 3. The molecule has 1 aliphatic carbocycles. The lowest BCUT2D eigenvalue weighted by Gasteiger charge is -2.47. The van der Waals surface area contributed by atoms with Crippen LogP contribution < -0.4 is 0 Å². The van der Waals surface area contributed by atoms with Crippen LogP contribution in [0, 0.1) is 0 Å². The van der Waals surface area contributed by atoms with Crippen molar-refractivity contribution in [3.05, 3.63) is 0 Å². The van der Waals surface area contributed by atoms with E-state index in [1.807, 2.05) is 0 Å². The highest BCUT2D eigenvalue weighted by molar-refractivity contribution is 4.92. The quantitative estimate of drug-likeness (QED) is 0.611. The maximum atomic E-state index is 9.31. The van der Waals surface area contributed by atoms with E-state index in [9.17, 15) is 15.3 Å². The van der Waals surface area contributed by atoms with E-state index in [1.54, 1.807) is 0 Å². The Bertz CT molecular complexity index is 200. The summed E-state index contributed by atoms with van der Waals surface area (Å²) in [6.07, 6.45) is 8.12. The minimum Gasteiger partial charge on any atom is -0.396 e. The third kappa shape index (κ3) is 3.92. The van der Waals surface area contributed by atoms with Gasteiger partial charge in [0.05, 0.1) is 0 Å². The molecule has 0 radical (unpaired) electrons. The Kier molecular flexibility index (Phi) is 7.15. The van der Waals surface area contributed by atoms with Crippen LogP contribution in [-0.4, -0.2) is 58.7 Å². The maximum absolute atomic E-state index is 9.31. The molecule has 0 aromatic carbocycles. The standard InChI is InChI=1S/C14H29NO3/c1-15(13-5-3-2-4-6-13)14(7-10-16,8-11-17)9-12-18/h13,16-18H,2-12H2,1H3. The molecule has 0 aromatic rings.